The summed E-state index contributed by atoms with van der Waals surface area (Å²) in [7, 11) is 0. The number of hydrogen-bond donors (Lipinski definition) is 1. The SMILES string of the molecule is CCCCCCCCCCC=COC(=O)C(C=CCCCCCCCCCC)(C=CCCCCCCCCCC)C(C=CCCCCCCCCCC)(C=CCCCCCCCCCC)C(=O)O. The molecule has 0 aliphatic heterocycles. The Balaban J connectivity index is 6.89. The lowest BCUT2D eigenvalue weighted by Crippen LogP contribution is -2.49. The maximum absolute atomic E-state index is 15.1. The molecule has 0 aliphatic carbocycles. The van der Waals surface area contributed by atoms with Gasteiger partial charge in [-0.25, -0.2) is 0 Å². The second-order valence-electron chi connectivity index (χ2n) is 20.7. The van der Waals surface area contributed by atoms with Gasteiger partial charge in [0.1, 0.15) is 10.8 Å². The fourth-order valence-electron chi connectivity index (χ4n) is 9.62. The van der Waals surface area contributed by atoms with Crippen LogP contribution in [0.2, 0.25) is 0 Å². The zero-order valence-electron chi connectivity index (χ0n) is 46.3. The molecule has 0 aromatic rings. The van der Waals surface area contributed by atoms with Gasteiger partial charge < -0.3 is 9.84 Å². The van der Waals surface area contributed by atoms with Crippen LogP contribution in [0.25, 0.3) is 0 Å². The van der Waals surface area contributed by atoms with Gasteiger partial charge in [0.15, 0.2) is 0 Å². The van der Waals surface area contributed by atoms with E-state index in [2.05, 4.69) is 58.9 Å². The molecule has 0 radical (unpaired) electrons. The van der Waals surface area contributed by atoms with Gasteiger partial charge >= 0.3 is 11.9 Å². The van der Waals surface area contributed by atoms with Gasteiger partial charge in [0.2, 0.25) is 0 Å². The molecule has 0 aliphatic rings. The number of carboxylic acids is 1. The first-order valence-electron chi connectivity index (χ1n) is 30.2. The third kappa shape index (κ3) is 35.7. The third-order valence-electron chi connectivity index (χ3n) is 14.3. The molecule has 0 unspecified atom stereocenters. The predicted octanol–water partition coefficient (Wildman–Crippen LogP) is 22.0. The predicted molar refractivity (Wildman–Crippen MR) is 300 cm³/mol. The van der Waals surface area contributed by atoms with Crippen molar-refractivity contribution in [2.45, 2.75) is 324 Å². The zero-order valence-corrected chi connectivity index (χ0v) is 46.3. The van der Waals surface area contributed by atoms with Crippen LogP contribution >= 0.6 is 0 Å². The summed E-state index contributed by atoms with van der Waals surface area (Å²) in [6, 6.07) is 0. The van der Waals surface area contributed by atoms with E-state index < -0.39 is 22.8 Å². The second kappa shape index (κ2) is 51.0. The van der Waals surface area contributed by atoms with E-state index in [1.54, 1.807) is 6.26 Å². The molecule has 0 spiro atoms. The molecule has 68 heavy (non-hydrogen) atoms. The molecule has 0 aromatic heterocycles. The lowest BCUT2D eigenvalue weighted by atomic mass is 9.61. The lowest BCUT2D eigenvalue weighted by Gasteiger charge is -2.39. The van der Waals surface area contributed by atoms with Gasteiger partial charge in [-0.1, -0.05) is 308 Å². The number of hydrogen-bond acceptors (Lipinski definition) is 3. The molecule has 396 valence electrons. The Hall–Kier alpha value is -2.36. The van der Waals surface area contributed by atoms with Crippen LogP contribution in [0.1, 0.15) is 324 Å². The normalized spacial score (nSPS) is 14.1. The van der Waals surface area contributed by atoms with Crippen molar-refractivity contribution in [1.82, 2.24) is 0 Å². The minimum Gasteiger partial charge on any atom is -0.480 e. The van der Waals surface area contributed by atoms with E-state index in [-0.39, 0.29) is 0 Å². The van der Waals surface area contributed by atoms with E-state index >= 15 is 4.79 Å². The van der Waals surface area contributed by atoms with Gasteiger partial charge in [-0.2, -0.15) is 0 Å². The van der Waals surface area contributed by atoms with Crippen LogP contribution in [0.5, 0.6) is 0 Å². The van der Waals surface area contributed by atoms with Crippen LogP contribution in [0.15, 0.2) is 60.9 Å². The highest BCUT2D eigenvalue weighted by Gasteiger charge is 2.57. The molecule has 4 nitrogen and oxygen atoms in total. The number of carboxylic acid groups (broad SMARTS) is 1. The Morgan fingerprint density at radius 1 is 0.309 bits per heavy atom. The molecule has 0 rings (SSSR count). The number of unbranched alkanes of at least 4 members (excludes halogenated alkanes) is 40. The fraction of sp³-hybridized carbons (Fsp3) is 0.812. The Bertz CT molecular complexity index is 1180. The summed E-state index contributed by atoms with van der Waals surface area (Å²) < 4.78 is 6.17. The van der Waals surface area contributed by atoms with Crippen LogP contribution < -0.4 is 0 Å². The first kappa shape index (κ1) is 65.6. The fourth-order valence-corrected chi connectivity index (χ4v) is 9.62. The maximum atomic E-state index is 15.1. The molecule has 0 heterocycles. The number of carbonyl (C=O) groups is 2. The summed E-state index contributed by atoms with van der Waals surface area (Å²) >= 11 is 0. The van der Waals surface area contributed by atoms with Gasteiger partial charge in [-0.05, 0) is 70.3 Å². The highest BCUT2D eigenvalue weighted by atomic mass is 16.5. The zero-order chi connectivity index (χ0) is 49.8. The van der Waals surface area contributed by atoms with E-state index in [1.807, 2.05) is 30.4 Å². The lowest BCUT2D eigenvalue weighted by molar-refractivity contribution is -0.159. The third-order valence-corrected chi connectivity index (χ3v) is 14.3. The van der Waals surface area contributed by atoms with E-state index in [0.29, 0.717) is 0 Å². The van der Waals surface area contributed by atoms with Crippen molar-refractivity contribution < 1.29 is 19.4 Å². The number of carbonyl (C=O) groups excluding carboxylic acids is 1. The summed E-state index contributed by atoms with van der Waals surface area (Å²) in [4.78, 5) is 29.4. The molecule has 0 aromatic carbocycles. The Labute approximate surface area is 425 Å². The number of ether oxygens (including phenoxy) is 1. The van der Waals surface area contributed by atoms with Crippen LogP contribution in [-0.4, -0.2) is 17.0 Å². The van der Waals surface area contributed by atoms with Crippen LogP contribution in [0, 0.1) is 10.8 Å². The minimum atomic E-state index is -1.64. The molecule has 0 saturated carbocycles. The molecule has 1 N–H and O–H groups in total. The van der Waals surface area contributed by atoms with Crippen LogP contribution in [-0.2, 0) is 14.3 Å². The quantitative estimate of drug-likeness (QED) is 0.0286. The van der Waals surface area contributed by atoms with E-state index in [9.17, 15) is 9.90 Å². The van der Waals surface area contributed by atoms with E-state index in [4.69, 9.17) is 4.74 Å². The minimum absolute atomic E-state index is 0.500. The Morgan fingerprint density at radius 2 is 0.515 bits per heavy atom. The van der Waals surface area contributed by atoms with Gasteiger partial charge in [0.25, 0.3) is 0 Å². The summed E-state index contributed by atoms with van der Waals surface area (Å²) in [5.41, 5.74) is -3.19. The van der Waals surface area contributed by atoms with Gasteiger partial charge in [-0.3, -0.25) is 9.59 Å². The summed E-state index contributed by atoms with van der Waals surface area (Å²) in [5.74, 6) is -1.50. The van der Waals surface area contributed by atoms with Crippen molar-refractivity contribution in [3.05, 3.63) is 60.9 Å². The Morgan fingerprint density at radius 3 is 0.750 bits per heavy atom. The van der Waals surface area contributed by atoms with Gasteiger partial charge in [0.05, 0.1) is 6.26 Å². The number of aliphatic carboxylic acids is 1. The second-order valence-corrected chi connectivity index (χ2v) is 20.7. The molecular weight excluding hydrogens is 833 g/mol. The standard InChI is InChI=1S/C64H116O4/c1-6-11-16-21-26-31-36-41-46-51-56-63(61(65)66,57-52-47-42-37-32-27-22-17-12-7-2)64(58-53-48-43-38-33-28-23-18-13-8-3,59-54-49-44-39-34-29-24-19-14-9-4)62(67)68-60-55-50-45-40-35-30-25-20-15-10-5/h51-60H,6-50H2,1-5H3,(H,65,66). The Kier molecular flexibility index (Phi) is 49.2. The molecule has 0 fully saturated rings. The molecule has 0 amide bonds. The smallest absolute Gasteiger partial charge is 0.326 e. The number of esters is 1. The average molecular weight is 950 g/mol. The number of rotatable bonds is 53. The highest BCUT2D eigenvalue weighted by Crippen LogP contribution is 2.48. The van der Waals surface area contributed by atoms with E-state index in [0.717, 1.165) is 89.9 Å². The van der Waals surface area contributed by atoms with Crippen molar-refractivity contribution in [2.24, 2.45) is 10.8 Å². The number of allylic oxidation sites excluding steroid dienone is 5. The maximum Gasteiger partial charge on any atom is 0.326 e. The summed E-state index contributed by atoms with van der Waals surface area (Å²) in [5, 5.41) is 11.7. The van der Waals surface area contributed by atoms with Crippen molar-refractivity contribution in [2.75, 3.05) is 0 Å². The van der Waals surface area contributed by atoms with Crippen molar-refractivity contribution >= 4 is 11.9 Å². The van der Waals surface area contributed by atoms with Crippen molar-refractivity contribution in [3.63, 3.8) is 0 Å². The van der Waals surface area contributed by atoms with Crippen molar-refractivity contribution in [1.29, 1.82) is 0 Å². The highest BCUT2D eigenvalue weighted by molar-refractivity contribution is 5.94. The molecular formula is C64H116O4. The largest absolute Gasteiger partial charge is 0.480 e. The monoisotopic (exact) mass is 949 g/mol. The first-order valence-corrected chi connectivity index (χ1v) is 30.2. The van der Waals surface area contributed by atoms with Gasteiger partial charge in [0, 0.05) is 0 Å². The van der Waals surface area contributed by atoms with Gasteiger partial charge in [-0.15, -0.1) is 0 Å². The van der Waals surface area contributed by atoms with Crippen LogP contribution in [0.3, 0.4) is 0 Å². The first-order chi connectivity index (χ1) is 33.4. The van der Waals surface area contributed by atoms with Crippen LogP contribution in [0.4, 0.5) is 0 Å². The van der Waals surface area contributed by atoms with E-state index in [1.165, 1.54) is 199 Å². The molecule has 0 bridgehead atoms. The molecule has 0 atom stereocenters. The average Bonchev–Trinajstić information content (AvgIpc) is 3.34. The molecule has 4 heteroatoms. The molecule has 0 saturated heterocycles. The van der Waals surface area contributed by atoms with Crippen molar-refractivity contribution in [3.8, 4) is 0 Å². The summed E-state index contributed by atoms with van der Waals surface area (Å²) in [6.07, 6.45) is 72.9. The topological polar surface area (TPSA) is 63.6 Å². The summed E-state index contributed by atoms with van der Waals surface area (Å²) in [6.45, 7) is 11.3.